The first-order valence-corrected chi connectivity index (χ1v) is 10.1. The van der Waals surface area contributed by atoms with Crippen LogP contribution >= 0.6 is 0 Å². The molecular weight excluding hydrogens is 413 g/mol. The zero-order valence-corrected chi connectivity index (χ0v) is 17.7. The highest BCUT2D eigenvalue weighted by molar-refractivity contribution is 6.46. The number of benzene rings is 2. The predicted octanol–water partition coefficient (Wildman–Crippen LogP) is 4.40. The van der Waals surface area contributed by atoms with Crippen molar-refractivity contribution in [2.75, 3.05) is 13.7 Å². The molecule has 0 aliphatic carbocycles. The van der Waals surface area contributed by atoms with Gasteiger partial charge < -0.3 is 19.2 Å². The van der Waals surface area contributed by atoms with Crippen molar-refractivity contribution in [1.82, 2.24) is 4.90 Å². The van der Waals surface area contributed by atoms with Crippen LogP contribution in [0.5, 0.6) is 5.75 Å². The molecule has 0 spiro atoms. The predicted molar refractivity (Wildman–Crippen MR) is 116 cm³/mol. The average Bonchev–Trinajstić information content (AvgIpc) is 3.34. The van der Waals surface area contributed by atoms with Crippen molar-refractivity contribution in [3.05, 3.63) is 94.7 Å². The number of hydrogen-bond acceptors (Lipinski definition) is 5. The minimum absolute atomic E-state index is 0.0337. The first-order chi connectivity index (χ1) is 15.4. The van der Waals surface area contributed by atoms with Crippen LogP contribution in [0.4, 0.5) is 4.39 Å². The number of carbonyl (C=O) groups excluding carboxylic acids is 2. The molecule has 1 saturated heterocycles. The van der Waals surface area contributed by atoms with Gasteiger partial charge in [0.15, 0.2) is 0 Å². The minimum Gasteiger partial charge on any atom is -0.507 e. The highest BCUT2D eigenvalue weighted by Gasteiger charge is 2.47. The van der Waals surface area contributed by atoms with E-state index in [1.165, 1.54) is 24.1 Å². The van der Waals surface area contributed by atoms with E-state index < -0.39 is 17.7 Å². The summed E-state index contributed by atoms with van der Waals surface area (Å²) in [5.74, 6) is -0.532. The van der Waals surface area contributed by atoms with Gasteiger partial charge in [0.2, 0.25) is 0 Å². The molecular formula is C25H22FNO5. The van der Waals surface area contributed by atoms with Crippen LogP contribution in [-0.2, 0) is 16.0 Å². The zero-order valence-electron chi connectivity index (χ0n) is 17.7. The second-order valence-corrected chi connectivity index (χ2v) is 7.55. The fourth-order valence-corrected chi connectivity index (χ4v) is 3.81. The monoisotopic (exact) mass is 435 g/mol. The molecule has 7 heteroatoms. The highest BCUT2D eigenvalue weighted by atomic mass is 19.1. The van der Waals surface area contributed by atoms with Crippen molar-refractivity contribution in [2.24, 2.45) is 0 Å². The molecule has 1 N–H and O–H groups in total. The van der Waals surface area contributed by atoms with Crippen molar-refractivity contribution in [1.29, 1.82) is 0 Å². The summed E-state index contributed by atoms with van der Waals surface area (Å²) in [6.45, 7) is 1.96. The molecule has 1 amide bonds. The van der Waals surface area contributed by atoms with E-state index in [9.17, 15) is 19.1 Å². The molecule has 3 aromatic rings. The van der Waals surface area contributed by atoms with Crippen LogP contribution < -0.4 is 4.74 Å². The first kappa shape index (κ1) is 21.4. The summed E-state index contributed by atoms with van der Waals surface area (Å²) in [4.78, 5) is 27.3. The second-order valence-electron chi connectivity index (χ2n) is 7.55. The van der Waals surface area contributed by atoms with E-state index in [2.05, 4.69) is 0 Å². The highest BCUT2D eigenvalue weighted by Crippen LogP contribution is 2.40. The molecule has 2 aromatic carbocycles. The number of aliphatic hydroxyl groups excluding tert-OH is 1. The van der Waals surface area contributed by atoms with Crippen LogP contribution in [0.2, 0.25) is 0 Å². The fraction of sp³-hybridized carbons (Fsp3) is 0.200. The number of aliphatic hydroxyl groups is 1. The lowest BCUT2D eigenvalue weighted by atomic mass is 9.99. The van der Waals surface area contributed by atoms with Crippen LogP contribution in [0.15, 0.2) is 70.7 Å². The van der Waals surface area contributed by atoms with Crippen LogP contribution in [-0.4, -0.2) is 35.4 Å². The van der Waals surface area contributed by atoms with E-state index >= 15 is 0 Å². The van der Waals surface area contributed by atoms with E-state index in [0.29, 0.717) is 29.3 Å². The van der Waals surface area contributed by atoms with E-state index in [0.717, 1.165) is 5.56 Å². The Bertz CT molecular complexity index is 1180. The van der Waals surface area contributed by atoms with Gasteiger partial charge in [0.25, 0.3) is 11.7 Å². The summed E-state index contributed by atoms with van der Waals surface area (Å²) in [5.41, 5.74) is 1.17. The van der Waals surface area contributed by atoms with Crippen molar-refractivity contribution >= 4 is 17.4 Å². The summed E-state index contributed by atoms with van der Waals surface area (Å²) >= 11 is 0. The van der Waals surface area contributed by atoms with Crippen molar-refractivity contribution in [3.8, 4) is 5.75 Å². The maximum atomic E-state index is 13.2. The minimum atomic E-state index is -0.869. The Morgan fingerprint density at radius 2 is 1.75 bits per heavy atom. The third-order valence-electron chi connectivity index (χ3n) is 5.49. The van der Waals surface area contributed by atoms with Gasteiger partial charge in [0, 0.05) is 12.1 Å². The molecule has 4 rings (SSSR count). The molecule has 2 heterocycles. The number of ketones is 1. The Kier molecular flexibility index (Phi) is 5.81. The molecule has 32 heavy (non-hydrogen) atoms. The quantitative estimate of drug-likeness (QED) is 0.353. The van der Waals surface area contributed by atoms with Gasteiger partial charge in [-0.2, -0.15) is 0 Å². The number of amides is 1. The number of ether oxygens (including phenoxy) is 1. The molecule has 1 aromatic heterocycles. The number of methoxy groups -OCH3 is 1. The summed E-state index contributed by atoms with van der Waals surface area (Å²) in [6.07, 6.45) is 0.409. The van der Waals surface area contributed by atoms with E-state index in [4.69, 9.17) is 9.15 Å². The van der Waals surface area contributed by atoms with E-state index in [1.807, 2.05) is 0 Å². The molecule has 0 radical (unpaired) electrons. The number of carbonyl (C=O) groups is 2. The Morgan fingerprint density at radius 3 is 2.34 bits per heavy atom. The van der Waals surface area contributed by atoms with Crippen molar-refractivity contribution in [2.45, 2.75) is 19.4 Å². The maximum absolute atomic E-state index is 13.2. The number of likely N-dealkylation sites (tertiary alicyclic amines) is 1. The Labute approximate surface area is 184 Å². The molecule has 0 saturated carbocycles. The Hall–Kier alpha value is -3.87. The van der Waals surface area contributed by atoms with Gasteiger partial charge >= 0.3 is 0 Å². The lowest BCUT2D eigenvalue weighted by Gasteiger charge is -2.23. The largest absolute Gasteiger partial charge is 0.507 e. The lowest BCUT2D eigenvalue weighted by molar-refractivity contribution is -0.140. The van der Waals surface area contributed by atoms with Gasteiger partial charge in [-0.25, -0.2) is 4.39 Å². The number of aryl methyl sites for hydroxylation is 1. The zero-order chi connectivity index (χ0) is 22.8. The smallest absolute Gasteiger partial charge is 0.295 e. The Morgan fingerprint density at radius 1 is 1.06 bits per heavy atom. The number of halogens is 1. The molecule has 0 bridgehead atoms. The Balaban J connectivity index is 1.73. The van der Waals surface area contributed by atoms with Gasteiger partial charge in [-0.3, -0.25) is 9.59 Å². The second kappa shape index (κ2) is 8.70. The third kappa shape index (κ3) is 4.01. The molecule has 1 unspecified atom stereocenters. The van der Waals surface area contributed by atoms with Gasteiger partial charge in [-0.1, -0.05) is 12.1 Å². The average molecular weight is 435 g/mol. The van der Waals surface area contributed by atoms with E-state index in [1.54, 1.807) is 55.5 Å². The third-order valence-corrected chi connectivity index (χ3v) is 5.49. The number of furan rings is 1. The normalized spacial score (nSPS) is 17.7. The first-order valence-electron chi connectivity index (χ1n) is 10.1. The summed E-state index contributed by atoms with van der Waals surface area (Å²) in [5, 5.41) is 11.0. The number of nitrogens with zero attached hydrogens (tertiary/aromatic N) is 1. The molecule has 1 aliphatic heterocycles. The summed E-state index contributed by atoms with van der Waals surface area (Å²) < 4.78 is 24.1. The summed E-state index contributed by atoms with van der Waals surface area (Å²) in [6, 6.07) is 15.1. The standard InChI is InChI=1S/C25H22FNO5/c1-15-3-12-20(32-15)22-21(23(28)17-6-10-19(31-2)11-7-17)24(29)25(30)27(22)14-13-16-4-8-18(26)9-5-16/h3-12,22,28H,13-14H2,1-2H3/b23-21-. The molecule has 164 valence electrons. The van der Waals surface area contributed by atoms with Crippen LogP contribution in [0.3, 0.4) is 0 Å². The van der Waals surface area contributed by atoms with Crippen LogP contribution in [0.1, 0.15) is 28.7 Å². The molecule has 1 atom stereocenters. The van der Waals surface area contributed by atoms with E-state index in [-0.39, 0.29) is 23.7 Å². The van der Waals surface area contributed by atoms with Crippen molar-refractivity contribution < 1.29 is 28.2 Å². The fourth-order valence-electron chi connectivity index (χ4n) is 3.81. The lowest BCUT2D eigenvalue weighted by Crippen LogP contribution is -2.31. The summed E-state index contributed by atoms with van der Waals surface area (Å²) in [7, 11) is 1.53. The SMILES string of the molecule is COc1ccc(/C(O)=C2/C(=O)C(=O)N(CCc3ccc(F)cc3)C2c2ccc(C)o2)cc1. The molecule has 1 aliphatic rings. The maximum Gasteiger partial charge on any atom is 0.295 e. The van der Waals surface area contributed by atoms with Crippen molar-refractivity contribution in [3.63, 3.8) is 0 Å². The molecule has 1 fully saturated rings. The number of Topliss-reactive ketones (excluding diaryl/α,β-unsaturated/α-hetero) is 1. The van der Waals surface area contributed by atoms with Crippen LogP contribution in [0.25, 0.3) is 5.76 Å². The van der Waals surface area contributed by atoms with Gasteiger partial charge in [-0.15, -0.1) is 0 Å². The van der Waals surface area contributed by atoms with Gasteiger partial charge in [-0.05, 0) is 67.4 Å². The van der Waals surface area contributed by atoms with Gasteiger partial charge in [0.05, 0.1) is 12.7 Å². The number of rotatable bonds is 6. The molecule has 6 nitrogen and oxygen atoms in total. The van der Waals surface area contributed by atoms with Crippen LogP contribution in [0, 0.1) is 12.7 Å². The topological polar surface area (TPSA) is 80.0 Å². The number of hydrogen-bond donors (Lipinski definition) is 1. The van der Waals surface area contributed by atoms with Gasteiger partial charge in [0.1, 0.15) is 34.9 Å².